The molecule has 0 aliphatic carbocycles. The third-order valence-electron chi connectivity index (χ3n) is 7.06. The van der Waals surface area contributed by atoms with Crippen LogP contribution in [0, 0.1) is 0 Å². The number of hydrogen-bond donors (Lipinski definition) is 8. The summed E-state index contributed by atoms with van der Waals surface area (Å²) >= 11 is 0. The Labute approximate surface area is 247 Å². The number of hydrogen-bond acceptors (Lipinski definition) is 17. The SMILES string of the molecule is NC(=O)c1ccc[n+]([C@@H]2O[C@H](COP(=O)(O)OP(=O)(O)OC[C@H]3O[C@@H](N4C=NC5C(N)=NC=NC54)C(O)C3O)C(O)C2O)c1. The highest BCUT2D eigenvalue weighted by atomic mass is 31.3. The Hall–Kier alpha value is -2.75. The normalized spacial score (nSPS) is 37.4. The number of carbonyl (C=O) groups excluding carboxylic acids is 1. The van der Waals surface area contributed by atoms with Crippen LogP contribution in [0.1, 0.15) is 16.6 Å². The maximum atomic E-state index is 12.4. The molecule has 12 atom stereocenters. The smallest absolute Gasteiger partial charge is 0.387 e. The van der Waals surface area contributed by atoms with Crippen molar-refractivity contribution in [2.45, 2.75) is 61.3 Å². The lowest BCUT2D eigenvalue weighted by Gasteiger charge is -2.31. The molecule has 0 saturated carbocycles. The van der Waals surface area contributed by atoms with Gasteiger partial charge in [0, 0.05) is 6.07 Å². The summed E-state index contributed by atoms with van der Waals surface area (Å²) in [4.78, 5) is 45.0. The zero-order chi connectivity index (χ0) is 32.0. The zero-order valence-corrected chi connectivity index (χ0v) is 24.2. The van der Waals surface area contributed by atoms with Gasteiger partial charge in [-0.1, -0.05) is 0 Å². The number of fused-ring (bicyclic) bond motifs is 1. The molecule has 8 unspecified atom stereocenters. The number of rotatable bonds is 11. The van der Waals surface area contributed by atoms with Crippen LogP contribution < -0.4 is 16.0 Å². The van der Waals surface area contributed by atoms with E-state index in [2.05, 4.69) is 23.8 Å². The van der Waals surface area contributed by atoms with Gasteiger partial charge < -0.3 is 56.1 Å². The third-order valence-corrected chi connectivity index (χ3v) is 9.66. The Bertz CT molecular complexity index is 1450. The minimum Gasteiger partial charge on any atom is -0.387 e. The van der Waals surface area contributed by atoms with Crippen molar-refractivity contribution in [2.24, 2.45) is 26.4 Å². The summed E-state index contributed by atoms with van der Waals surface area (Å²) in [6.07, 6.45) is -7.28. The van der Waals surface area contributed by atoms with Gasteiger partial charge in [-0.2, -0.15) is 8.88 Å². The molecular formula is C21H30N7O14P2+. The van der Waals surface area contributed by atoms with Crippen molar-refractivity contribution in [3.05, 3.63) is 30.1 Å². The van der Waals surface area contributed by atoms with Gasteiger partial charge in [-0.25, -0.2) is 19.1 Å². The van der Waals surface area contributed by atoms with Gasteiger partial charge in [0.1, 0.15) is 54.3 Å². The standard InChI is InChI=1S/C21H29N7O14P2/c22-17-12-19(25-7-24-17)28(8-26-12)21-16(32)14(30)11(41-21)6-39-44(36,37)42-43(34,35)38-5-10-13(29)15(31)20(40-10)27-3-1-2-9(4-27)18(23)33/h1-4,7-8,10-16,19-21,29-32H,5-6H2,(H5-,22,23,24,25,33,34,35,36,37)/p+1/t10-,11-,12?,13?,14?,15?,16?,19?,20-,21-/m1/s1. The molecular weight excluding hydrogens is 636 g/mol. The summed E-state index contributed by atoms with van der Waals surface area (Å²) in [5.41, 5.74) is 11.1. The van der Waals surface area contributed by atoms with Gasteiger partial charge in [-0.15, -0.1) is 0 Å². The van der Waals surface area contributed by atoms with Crippen LogP contribution in [0.4, 0.5) is 0 Å². The number of nitrogens with zero attached hydrogens (tertiary/aromatic N) is 5. The molecule has 23 heteroatoms. The van der Waals surface area contributed by atoms with E-state index in [-0.39, 0.29) is 11.4 Å². The highest BCUT2D eigenvalue weighted by Crippen LogP contribution is 2.60. The van der Waals surface area contributed by atoms with E-state index in [9.17, 15) is 44.1 Å². The average Bonchev–Trinajstić information content (AvgIpc) is 3.61. The minimum absolute atomic E-state index is 0.0714. The molecule has 0 radical (unpaired) electrons. The predicted molar refractivity (Wildman–Crippen MR) is 142 cm³/mol. The number of carbonyl (C=O) groups is 1. The molecule has 0 bridgehead atoms. The molecule has 5 heterocycles. The highest BCUT2D eigenvalue weighted by molar-refractivity contribution is 7.61. The van der Waals surface area contributed by atoms with Crippen LogP contribution in [0.3, 0.4) is 0 Å². The average molecular weight is 666 g/mol. The molecule has 0 spiro atoms. The molecule has 10 N–H and O–H groups in total. The summed E-state index contributed by atoms with van der Waals surface area (Å²) in [5, 5.41) is 41.7. The number of phosphoric acid groups is 2. The van der Waals surface area contributed by atoms with Crippen molar-refractivity contribution < 1.29 is 71.5 Å². The van der Waals surface area contributed by atoms with Gasteiger partial charge in [-0.3, -0.25) is 18.8 Å². The van der Waals surface area contributed by atoms with E-state index in [1.54, 1.807) is 0 Å². The number of nitrogens with two attached hydrogens (primary N) is 2. The molecule has 4 aliphatic rings. The first-order valence-electron chi connectivity index (χ1n) is 12.8. The predicted octanol–water partition coefficient (Wildman–Crippen LogP) is -4.17. The number of amidine groups is 1. The second-order valence-corrected chi connectivity index (χ2v) is 13.0. The quantitative estimate of drug-likeness (QED) is 0.0820. The largest absolute Gasteiger partial charge is 0.481 e. The Balaban J connectivity index is 1.13. The molecule has 0 aromatic carbocycles. The van der Waals surface area contributed by atoms with Crippen LogP contribution in [-0.4, -0.2) is 128 Å². The van der Waals surface area contributed by atoms with Crippen LogP contribution in [-0.2, 0) is 32.0 Å². The molecule has 21 nitrogen and oxygen atoms in total. The number of aromatic nitrogens is 1. The van der Waals surface area contributed by atoms with Crippen LogP contribution >= 0.6 is 15.6 Å². The van der Waals surface area contributed by atoms with Crippen LogP contribution in [0.25, 0.3) is 0 Å². The number of phosphoric ester groups is 2. The van der Waals surface area contributed by atoms with E-state index in [0.717, 1.165) is 0 Å². The number of amides is 1. The van der Waals surface area contributed by atoms with Crippen molar-refractivity contribution >= 4 is 40.1 Å². The number of aliphatic hydroxyl groups excluding tert-OH is 4. The third kappa shape index (κ3) is 6.75. The van der Waals surface area contributed by atoms with E-state index < -0.39 is 96.1 Å². The highest BCUT2D eigenvalue weighted by Gasteiger charge is 2.52. The van der Waals surface area contributed by atoms with Crippen molar-refractivity contribution in [1.29, 1.82) is 0 Å². The minimum atomic E-state index is -5.36. The van der Waals surface area contributed by atoms with Gasteiger partial charge in [0.05, 0.1) is 19.6 Å². The van der Waals surface area contributed by atoms with Gasteiger partial charge >= 0.3 is 15.6 Å². The van der Waals surface area contributed by atoms with Gasteiger partial charge in [-0.05, 0) is 6.07 Å². The lowest BCUT2D eigenvalue weighted by atomic mass is 10.1. The van der Waals surface area contributed by atoms with Crippen LogP contribution in [0.5, 0.6) is 0 Å². The van der Waals surface area contributed by atoms with Crippen LogP contribution in [0.15, 0.2) is 39.5 Å². The van der Waals surface area contributed by atoms with E-state index in [0.29, 0.717) is 0 Å². The number of aliphatic imine (C=N–C) groups is 3. The van der Waals surface area contributed by atoms with Gasteiger partial charge in [0.2, 0.25) is 0 Å². The second-order valence-electron chi connectivity index (χ2n) is 10.00. The van der Waals surface area contributed by atoms with Gasteiger partial charge in [0.25, 0.3) is 12.1 Å². The van der Waals surface area contributed by atoms with E-state index in [4.69, 9.17) is 25.5 Å². The van der Waals surface area contributed by atoms with Crippen LogP contribution in [0.2, 0.25) is 0 Å². The number of aliphatic hydroxyl groups is 4. The molecule has 4 aliphatic heterocycles. The molecule has 1 aromatic heterocycles. The monoisotopic (exact) mass is 666 g/mol. The Morgan fingerprint density at radius 1 is 1.00 bits per heavy atom. The Kier molecular flexibility index (Phi) is 9.32. The number of pyridine rings is 1. The molecule has 1 amide bonds. The van der Waals surface area contributed by atoms with Crippen molar-refractivity contribution in [2.75, 3.05) is 13.2 Å². The van der Waals surface area contributed by atoms with E-state index in [1.807, 2.05) is 0 Å². The van der Waals surface area contributed by atoms with Crippen molar-refractivity contribution in [1.82, 2.24) is 4.90 Å². The Morgan fingerprint density at radius 2 is 1.64 bits per heavy atom. The summed E-state index contributed by atoms with van der Waals surface area (Å²) in [7, 11) is -10.7. The molecule has 2 fully saturated rings. The fourth-order valence-electron chi connectivity index (χ4n) is 4.84. The maximum absolute atomic E-state index is 12.4. The molecule has 242 valence electrons. The van der Waals surface area contributed by atoms with Gasteiger partial charge in [0.15, 0.2) is 30.9 Å². The lowest BCUT2D eigenvalue weighted by Crippen LogP contribution is -2.51. The molecule has 2 saturated heterocycles. The number of primary amides is 1. The number of ether oxygens (including phenoxy) is 2. The summed E-state index contributed by atoms with van der Waals surface area (Å²) in [6.45, 7) is -1.78. The first-order chi connectivity index (χ1) is 20.7. The van der Waals surface area contributed by atoms with E-state index >= 15 is 0 Å². The Morgan fingerprint density at radius 3 is 2.30 bits per heavy atom. The topological polar surface area (TPSA) is 315 Å². The fourth-order valence-corrected chi connectivity index (χ4v) is 6.93. The molecule has 1 aromatic rings. The van der Waals surface area contributed by atoms with E-state index in [1.165, 1.54) is 46.7 Å². The summed E-state index contributed by atoms with van der Waals surface area (Å²) in [6, 6.07) is 2.19. The first-order valence-corrected chi connectivity index (χ1v) is 15.8. The van der Waals surface area contributed by atoms with Crippen molar-refractivity contribution in [3.63, 3.8) is 0 Å². The van der Waals surface area contributed by atoms with Crippen molar-refractivity contribution in [3.8, 4) is 0 Å². The summed E-state index contributed by atoms with van der Waals surface area (Å²) < 4.78 is 50.8. The molecule has 44 heavy (non-hydrogen) atoms. The summed E-state index contributed by atoms with van der Waals surface area (Å²) in [5.74, 6) is -0.592. The zero-order valence-electron chi connectivity index (χ0n) is 22.4. The lowest BCUT2D eigenvalue weighted by molar-refractivity contribution is -0.765. The fraction of sp³-hybridized carbons (Fsp3) is 0.571. The second kappa shape index (κ2) is 12.6. The molecule has 5 rings (SSSR count). The maximum Gasteiger partial charge on any atom is 0.481 e. The first kappa shape index (κ1) is 32.6.